The lowest BCUT2D eigenvalue weighted by atomic mass is 9.92. The van der Waals surface area contributed by atoms with Gasteiger partial charge in [0.2, 0.25) is 0 Å². The average Bonchev–Trinajstić information content (AvgIpc) is 3.09. The summed E-state index contributed by atoms with van der Waals surface area (Å²) >= 11 is 0. The van der Waals surface area contributed by atoms with Crippen LogP contribution in [0.5, 0.6) is 0 Å². The van der Waals surface area contributed by atoms with Gasteiger partial charge < -0.3 is 18.6 Å². The van der Waals surface area contributed by atoms with Crippen LogP contribution in [0.1, 0.15) is 53.0 Å². The summed E-state index contributed by atoms with van der Waals surface area (Å²) in [5, 5.41) is -0.0429. The van der Waals surface area contributed by atoms with Crippen molar-refractivity contribution >= 4 is 24.5 Å². The van der Waals surface area contributed by atoms with Crippen LogP contribution in [0.4, 0.5) is 4.79 Å². The maximum atomic E-state index is 13.5. The van der Waals surface area contributed by atoms with Crippen LogP contribution in [0.25, 0.3) is 0 Å². The monoisotopic (exact) mass is 557 g/mol. The number of rotatable bonds is 8. The van der Waals surface area contributed by atoms with Gasteiger partial charge in [0.25, 0.3) is 10.1 Å². The van der Waals surface area contributed by atoms with Crippen LogP contribution in [-0.4, -0.2) is 77.3 Å². The molecule has 0 N–H and O–H groups in total. The summed E-state index contributed by atoms with van der Waals surface area (Å²) in [6.45, 7) is 14.8. The average molecular weight is 558 g/mol. The summed E-state index contributed by atoms with van der Waals surface area (Å²) in [4.78, 5) is 15.1. The van der Waals surface area contributed by atoms with Crippen LogP contribution < -0.4 is 0 Å². The van der Waals surface area contributed by atoms with E-state index in [9.17, 15) is 13.2 Å². The number of likely N-dealkylation sites (tertiary alicyclic amines) is 1. The molecule has 2 saturated heterocycles. The molecule has 3 rings (SSSR count). The van der Waals surface area contributed by atoms with Crippen molar-refractivity contribution in [1.29, 1.82) is 0 Å². The molecule has 0 aromatic heterocycles. The lowest BCUT2D eigenvalue weighted by Gasteiger charge is -2.48. The van der Waals surface area contributed by atoms with Crippen LogP contribution in [0.2, 0.25) is 18.1 Å². The molecule has 0 radical (unpaired) electrons. The van der Waals surface area contributed by atoms with Gasteiger partial charge >= 0.3 is 6.09 Å². The van der Waals surface area contributed by atoms with Gasteiger partial charge in [-0.05, 0) is 50.4 Å². The third kappa shape index (κ3) is 8.00. The first-order chi connectivity index (χ1) is 17.0. The molecule has 1 aromatic carbocycles. The Hall–Kier alpha value is -1.50. The van der Waals surface area contributed by atoms with Crippen molar-refractivity contribution < 1.29 is 36.0 Å². The molecule has 0 saturated carbocycles. The minimum absolute atomic E-state index is 0.0429. The lowest BCUT2D eigenvalue weighted by Crippen LogP contribution is -2.62. The fourth-order valence-electron chi connectivity index (χ4n) is 4.54. The molecule has 0 unspecified atom stereocenters. The highest BCUT2D eigenvalue weighted by atomic mass is 32.2. The summed E-state index contributed by atoms with van der Waals surface area (Å²) in [5.41, 5.74) is 0.888. The van der Waals surface area contributed by atoms with Crippen molar-refractivity contribution in [3.05, 3.63) is 35.9 Å². The number of nitrogens with zero attached hydrogens (tertiary/aromatic N) is 1. The number of hydrogen-bond acceptors (Lipinski definition) is 8. The summed E-state index contributed by atoms with van der Waals surface area (Å²) in [5.74, 6) is -0.991. The molecule has 11 heteroatoms. The molecule has 0 bridgehead atoms. The van der Waals surface area contributed by atoms with E-state index in [2.05, 4.69) is 33.9 Å². The zero-order valence-electron chi connectivity index (χ0n) is 23.4. The van der Waals surface area contributed by atoms with E-state index in [-0.39, 0.29) is 24.4 Å². The molecule has 2 aliphatic heterocycles. The normalized spacial score (nSPS) is 26.8. The SMILES string of the molecule is CC1(C)O[C@@H]([C@H]2[C@H](O[Si](C)(C)C(C)(C)C)CCCN2C(=O)OCc2ccccc2)[C@@H](COS(C)(=O)=O)O1. The van der Waals surface area contributed by atoms with Crippen LogP contribution in [0, 0.1) is 0 Å². The molecule has 2 aliphatic rings. The minimum atomic E-state index is -3.70. The quantitative estimate of drug-likeness (QED) is 0.336. The lowest BCUT2D eigenvalue weighted by molar-refractivity contribution is -0.158. The molecule has 210 valence electrons. The fourth-order valence-corrected chi connectivity index (χ4v) is 6.29. The summed E-state index contributed by atoms with van der Waals surface area (Å²) < 4.78 is 53.6. The first-order valence-electron chi connectivity index (χ1n) is 12.8. The predicted octanol–water partition coefficient (Wildman–Crippen LogP) is 4.67. The number of carbonyl (C=O) groups is 1. The highest BCUT2D eigenvalue weighted by molar-refractivity contribution is 7.85. The van der Waals surface area contributed by atoms with E-state index < -0.39 is 48.6 Å². The van der Waals surface area contributed by atoms with Crippen LogP contribution in [0.15, 0.2) is 30.3 Å². The maximum Gasteiger partial charge on any atom is 0.410 e. The zero-order chi connectivity index (χ0) is 27.6. The van der Waals surface area contributed by atoms with Crippen molar-refractivity contribution in [3.63, 3.8) is 0 Å². The topological polar surface area (TPSA) is 101 Å². The van der Waals surface area contributed by atoms with Crippen LogP contribution in [0.3, 0.4) is 0 Å². The first-order valence-corrected chi connectivity index (χ1v) is 17.6. The number of carbonyl (C=O) groups excluding carboxylic acids is 1. The maximum absolute atomic E-state index is 13.5. The van der Waals surface area contributed by atoms with Gasteiger partial charge in [0.1, 0.15) is 18.8 Å². The van der Waals surface area contributed by atoms with E-state index >= 15 is 0 Å². The van der Waals surface area contributed by atoms with Gasteiger partial charge in [-0.2, -0.15) is 8.42 Å². The summed E-state index contributed by atoms with van der Waals surface area (Å²) in [6.07, 6.45) is 0.298. The Morgan fingerprint density at radius 3 is 2.41 bits per heavy atom. The Balaban J connectivity index is 1.92. The van der Waals surface area contributed by atoms with Gasteiger partial charge in [0.05, 0.1) is 25.0 Å². The second-order valence-electron chi connectivity index (χ2n) is 11.9. The minimum Gasteiger partial charge on any atom is -0.445 e. The van der Waals surface area contributed by atoms with Gasteiger partial charge in [0, 0.05) is 6.54 Å². The van der Waals surface area contributed by atoms with Gasteiger partial charge in [-0.3, -0.25) is 9.08 Å². The fraction of sp³-hybridized carbons (Fsp3) is 0.731. The highest BCUT2D eigenvalue weighted by Crippen LogP contribution is 2.42. The molecule has 37 heavy (non-hydrogen) atoms. The van der Waals surface area contributed by atoms with Gasteiger partial charge in [0.15, 0.2) is 14.1 Å². The van der Waals surface area contributed by atoms with Crippen molar-refractivity contribution in [3.8, 4) is 0 Å². The highest BCUT2D eigenvalue weighted by Gasteiger charge is 2.54. The Bertz CT molecular complexity index is 1020. The Labute approximate surface area is 223 Å². The third-order valence-electron chi connectivity index (χ3n) is 7.32. The standard InChI is InChI=1S/C26H43NO8SSi/c1-25(2,3)37(7,8)35-20-15-12-16-27(24(28)31-17-19-13-10-9-11-14-19)22(20)23-21(18-32-36(6,29)30)33-26(4,5)34-23/h9-11,13-14,20-23H,12,15-18H2,1-8H3/t20-,21-,22-,23-/m1/s1. The van der Waals surface area contributed by atoms with Crippen molar-refractivity contribution in [2.24, 2.45) is 0 Å². The predicted molar refractivity (Wildman–Crippen MR) is 143 cm³/mol. The smallest absolute Gasteiger partial charge is 0.410 e. The molecular formula is C26H43NO8SSi. The molecule has 0 spiro atoms. The first kappa shape index (κ1) is 30.0. The molecule has 2 fully saturated rings. The summed E-state index contributed by atoms with van der Waals surface area (Å²) in [6, 6.07) is 8.97. The van der Waals surface area contributed by atoms with E-state index in [1.165, 1.54) is 0 Å². The van der Waals surface area contributed by atoms with E-state index in [1.54, 1.807) is 18.7 Å². The van der Waals surface area contributed by atoms with E-state index in [0.29, 0.717) is 6.54 Å². The molecule has 1 amide bonds. The van der Waals surface area contributed by atoms with Crippen molar-refractivity contribution in [2.45, 2.75) is 102 Å². The van der Waals surface area contributed by atoms with E-state index in [4.69, 9.17) is 22.8 Å². The van der Waals surface area contributed by atoms with Crippen LogP contribution >= 0.6 is 0 Å². The molecule has 2 heterocycles. The number of ether oxygens (including phenoxy) is 3. The Morgan fingerprint density at radius 2 is 1.81 bits per heavy atom. The molecule has 9 nitrogen and oxygen atoms in total. The number of benzene rings is 1. The van der Waals surface area contributed by atoms with Crippen LogP contribution in [-0.2, 0) is 39.5 Å². The van der Waals surface area contributed by atoms with Crippen molar-refractivity contribution in [1.82, 2.24) is 4.90 Å². The van der Waals surface area contributed by atoms with Gasteiger partial charge in [-0.1, -0.05) is 51.1 Å². The van der Waals surface area contributed by atoms with E-state index in [1.807, 2.05) is 30.3 Å². The Morgan fingerprint density at radius 1 is 1.16 bits per heavy atom. The molecule has 4 atom stereocenters. The molecular weight excluding hydrogens is 514 g/mol. The number of amides is 1. The molecule has 0 aliphatic carbocycles. The zero-order valence-corrected chi connectivity index (χ0v) is 25.2. The van der Waals surface area contributed by atoms with Crippen molar-refractivity contribution in [2.75, 3.05) is 19.4 Å². The number of piperidine rings is 1. The number of hydrogen-bond donors (Lipinski definition) is 0. The second-order valence-corrected chi connectivity index (χ2v) is 18.3. The molecule has 1 aromatic rings. The van der Waals surface area contributed by atoms with Gasteiger partial charge in [-0.25, -0.2) is 4.79 Å². The summed E-state index contributed by atoms with van der Waals surface area (Å²) in [7, 11) is -5.93. The van der Waals surface area contributed by atoms with Gasteiger partial charge in [-0.15, -0.1) is 0 Å². The second kappa shape index (κ2) is 11.3. The Kier molecular flexibility index (Phi) is 9.19. The third-order valence-corrected chi connectivity index (χ3v) is 12.4. The van der Waals surface area contributed by atoms with E-state index in [0.717, 1.165) is 24.7 Å². The largest absolute Gasteiger partial charge is 0.445 e.